The molecule has 1 aliphatic rings. The topological polar surface area (TPSA) is 65.0 Å². The van der Waals surface area contributed by atoms with E-state index in [1.165, 1.54) is 6.42 Å². The molecule has 0 radical (unpaired) electrons. The fourth-order valence-electron chi connectivity index (χ4n) is 3.58. The highest BCUT2D eigenvalue weighted by atomic mass is 127. The van der Waals surface area contributed by atoms with Gasteiger partial charge in [0.05, 0.1) is 12.7 Å². The second kappa shape index (κ2) is 14.8. The number of halogens is 1. The highest BCUT2D eigenvalue weighted by Crippen LogP contribution is 2.15. The summed E-state index contributed by atoms with van der Waals surface area (Å²) in [6.07, 6.45) is 4.53. The Morgan fingerprint density at radius 3 is 2.73 bits per heavy atom. The molecule has 0 aliphatic carbocycles. The summed E-state index contributed by atoms with van der Waals surface area (Å²) >= 11 is 0. The quantitative estimate of drug-likeness (QED) is 0.275. The smallest absolute Gasteiger partial charge is 0.191 e. The molecule has 30 heavy (non-hydrogen) atoms. The van der Waals surface area contributed by atoms with Crippen molar-refractivity contribution in [1.29, 1.82) is 0 Å². The summed E-state index contributed by atoms with van der Waals surface area (Å²) in [6.45, 7) is 15.4. The molecule has 0 bridgehead atoms. The molecule has 2 unspecified atom stereocenters. The molecule has 172 valence electrons. The lowest BCUT2D eigenvalue weighted by Crippen LogP contribution is -2.42. The molecule has 1 aliphatic heterocycles. The van der Waals surface area contributed by atoms with Crippen LogP contribution < -0.4 is 15.5 Å². The summed E-state index contributed by atoms with van der Waals surface area (Å²) < 4.78 is 5.61. The van der Waals surface area contributed by atoms with E-state index in [4.69, 9.17) is 4.74 Å². The first-order chi connectivity index (χ1) is 14.0. The molecule has 0 saturated carbocycles. The number of pyridine rings is 1. The first kappa shape index (κ1) is 26.9. The van der Waals surface area contributed by atoms with Gasteiger partial charge in [-0.1, -0.05) is 19.9 Å². The molecule has 2 atom stereocenters. The molecule has 1 fully saturated rings. The molecule has 0 amide bonds. The van der Waals surface area contributed by atoms with Crippen LogP contribution in [0.5, 0.6) is 0 Å². The van der Waals surface area contributed by atoms with Crippen LogP contribution in [0.15, 0.2) is 23.3 Å². The molecule has 0 spiro atoms. The van der Waals surface area contributed by atoms with Crippen LogP contribution in [0.4, 0.5) is 5.82 Å². The average Bonchev–Trinajstić information content (AvgIpc) is 2.74. The van der Waals surface area contributed by atoms with Crippen molar-refractivity contribution >= 4 is 35.8 Å². The van der Waals surface area contributed by atoms with Crippen LogP contribution in [0.2, 0.25) is 0 Å². The van der Waals surface area contributed by atoms with E-state index in [1.807, 2.05) is 13.2 Å². The van der Waals surface area contributed by atoms with Crippen molar-refractivity contribution in [2.24, 2.45) is 4.99 Å². The lowest BCUT2D eigenvalue weighted by atomic mass is 10.2. The zero-order chi connectivity index (χ0) is 21.1. The molecule has 1 aromatic heterocycles. The zero-order valence-corrected chi connectivity index (χ0v) is 21.7. The maximum atomic E-state index is 5.61. The van der Waals surface area contributed by atoms with Crippen LogP contribution in [0.1, 0.15) is 46.1 Å². The molecule has 2 heterocycles. The summed E-state index contributed by atoms with van der Waals surface area (Å²) in [6, 6.07) is 4.62. The largest absolute Gasteiger partial charge is 0.375 e. The molecular formula is C22H41IN6O. The Hall–Kier alpha value is -1.13. The number of nitrogens with zero attached hydrogens (tertiary/aromatic N) is 4. The molecular weight excluding hydrogens is 491 g/mol. The van der Waals surface area contributed by atoms with Crippen LogP contribution in [-0.2, 0) is 11.3 Å². The van der Waals surface area contributed by atoms with Crippen LogP contribution >= 0.6 is 24.0 Å². The van der Waals surface area contributed by atoms with E-state index in [0.717, 1.165) is 63.1 Å². The third-order valence-electron chi connectivity index (χ3n) is 5.45. The fourth-order valence-corrected chi connectivity index (χ4v) is 3.58. The van der Waals surface area contributed by atoms with Crippen molar-refractivity contribution in [3.8, 4) is 0 Å². The van der Waals surface area contributed by atoms with Crippen molar-refractivity contribution in [3.63, 3.8) is 0 Å². The molecule has 1 aromatic rings. The summed E-state index contributed by atoms with van der Waals surface area (Å²) in [7, 11) is 1.82. The number of nitrogens with one attached hydrogen (secondary N) is 2. The van der Waals surface area contributed by atoms with Crippen LogP contribution in [0.25, 0.3) is 0 Å². The minimum absolute atomic E-state index is 0. The summed E-state index contributed by atoms with van der Waals surface area (Å²) in [5.41, 5.74) is 1.15. The van der Waals surface area contributed by atoms with E-state index in [1.54, 1.807) is 0 Å². The number of hydrogen-bond acceptors (Lipinski definition) is 5. The van der Waals surface area contributed by atoms with E-state index in [-0.39, 0.29) is 30.1 Å². The zero-order valence-electron chi connectivity index (χ0n) is 19.4. The Kier molecular flexibility index (Phi) is 13.3. The highest BCUT2D eigenvalue weighted by molar-refractivity contribution is 14.0. The summed E-state index contributed by atoms with van der Waals surface area (Å²) in [5.74, 6) is 1.86. The van der Waals surface area contributed by atoms with Gasteiger partial charge in [0, 0.05) is 38.9 Å². The molecule has 8 heteroatoms. The lowest BCUT2D eigenvalue weighted by molar-refractivity contribution is 0.0529. The minimum atomic E-state index is 0. The second-order valence-corrected chi connectivity index (χ2v) is 7.79. The Morgan fingerprint density at radius 1 is 1.37 bits per heavy atom. The van der Waals surface area contributed by atoms with Gasteiger partial charge in [0.1, 0.15) is 5.82 Å². The van der Waals surface area contributed by atoms with Gasteiger partial charge in [-0.05, 0) is 58.0 Å². The Morgan fingerprint density at radius 2 is 2.13 bits per heavy atom. The predicted octanol–water partition coefficient (Wildman–Crippen LogP) is 3.10. The molecule has 0 aromatic carbocycles. The number of morpholine rings is 1. The van der Waals surface area contributed by atoms with E-state index >= 15 is 0 Å². The number of hydrogen-bond donors (Lipinski definition) is 2. The van der Waals surface area contributed by atoms with Gasteiger partial charge in [-0.25, -0.2) is 4.98 Å². The number of aliphatic imine (C=N–C) groups is 1. The molecule has 2 rings (SSSR count). The van der Waals surface area contributed by atoms with E-state index in [0.29, 0.717) is 12.6 Å². The Bertz CT molecular complexity index is 608. The lowest BCUT2D eigenvalue weighted by Gasteiger charge is -2.32. The fraction of sp³-hybridized carbons (Fsp3) is 0.727. The van der Waals surface area contributed by atoms with Crippen LogP contribution in [0, 0.1) is 0 Å². The van der Waals surface area contributed by atoms with Gasteiger partial charge in [0.2, 0.25) is 0 Å². The number of anilines is 1. The number of guanidine groups is 1. The number of rotatable bonds is 10. The maximum Gasteiger partial charge on any atom is 0.191 e. The van der Waals surface area contributed by atoms with Gasteiger partial charge in [0.25, 0.3) is 0 Å². The van der Waals surface area contributed by atoms with Crippen molar-refractivity contribution in [2.45, 2.75) is 59.2 Å². The van der Waals surface area contributed by atoms with Gasteiger partial charge in [-0.15, -0.1) is 24.0 Å². The normalized spacial score (nSPS) is 18.1. The van der Waals surface area contributed by atoms with Crippen LogP contribution in [-0.4, -0.2) is 74.4 Å². The molecule has 7 nitrogen and oxygen atoms in total. The number of aromatic nitrogens is 1. The molecule has 1 saturated heterocycles. The summed E-state index contributed by atoms with van der Waals surface area (Å²) in [4.78, 5) is 13.7. The second-order valence-electron chi connectivity index (χ2n) is 7.79. The number of ether oxygens (including phenoxy) is 1. The van der Waals surface area contributed by atoms with E-state index in [2.05, 4.69) is 70.2 Å². The third kappa shape index (κ3) is 9.34. The Labute approximate surface area is 200 Å². The third-order valence-corrected chi connectivity index (χ3v) is 5.45. The van der Waals surface area contributed by atoms with E-state index in [9.17, 15) is 0 Å². The van der Waals surface area contributed by atoms with Crippen molar-refractivity contribution in [1.82, 2.24) is 20.5 Å². The summed E-state index contributed by atoms with van der Waals surface area (Å²) in [5, 5.41) is 6.89. The van der Waals surface area contributed by atoms with Crippen LogP contribution in [0.3, 0.4) is 0 Å². The van der Waals surface area contributed by atoms with Gasteiger partial charge in [-0.2, -0.15) is 0 Å². The molecule has 2 N–H and O–H groups in total. The Balaban J connectivity index is 0.00000450. The van der Waals surface area contributed by atoms with Gasteiger partial charge in [0.15, 0.2) is 5.96 Å². The van der Waals surface area contributed by atoms with Crippen molar-refractivity contribution in [3.05, 3.63) is 23.9 Å². The average molecular weight is 533 g/mol. The minimum Gasteiger partial charge on any atom is -0.375 e. The first-order valence-electron chi connectivity index (χ1n) is 11.1. The highest BCUT2D eigenvalue weighted by Gasteiger charge is 2.17. The van der Waals surface area contributed by atoms with Crippen molar-refractivity contribution < 1.29 is 4.74 Å². The van der Waals surface area contributed by atoms with E-state index < -0.39 is 0 Å². The first-order valence-corrected chi connectivity index (χ1v) is 11.1. The standard InChI is InChI=1S/C22H40N6O.HI/c1-6-27(7-2)12-8-9-18(3)26-22(23-5)25-16-20-10-11-21(24-15-20)28-13-14-29-19(4)17-28;/h10-11,15,18-19H,6-9,12-14,16-17H2,1-5H3,(H2,23,25,26);1H. The SMILES string of the molecule is CCN(CC)CCCC(C)NC(=NC)NCc1ccc(N2CCOC(C)C2)nc1.I. The van der Waals surface area contributed by atoms with Gasteiger partial charge < -0.3 is 25.2 Å². The van der Waals surface area contributed by atoms with Gasteiger partial charge >= 0.3 is 0 Å². The van der Waals surface area contributed by atoms with Gasteiger partial charge in [-0.3, -0.25) is 4.99 Å². The van der Waals surface area contributed by atoms with Crippen molar-refractivity contribution in [2.75, 3.05) is 51.3 Å². The predicted molar refractivity (Wildman–Crippen MR) is 137 cm³/mol. The maximum absolute atomic E-state index is 5.61. The monoisotopic (exact) mass is 532 g/mol.